The van der Waals surface area contributed by atoms with E-state index in [0.29, 0.717) is 22.7 Å². The average molecular weight is 424 g/mol. The third-order valence-corrected chi connectivity index (χ3v) is 4.75. The smallest absolute Gasteiger partial charge is 0.261 e. The fourth-order valence-corrected chi connectivity index (χ4v) is 3.19. The zero-order valence-electron chi connectivity index (χ0n) is 17.8. The van der Waals surface area contributed by atoms with Crippen LogP contribution in [0.25, 0.3) is 5.57 Å². The van der Waals surface area contributed by atoms with E-state index in [4.69, 9.17) is 16.2 Å². The SMILES string of the molecule is CC(C)Oc1cc(N)c(C=NC2CCNCC2)cc1NC(=O)/C(=C/N)c1ncccn1. The minimum atomic E-state index is -0.451. The number of aromatic nitrogens is 2. The van der Waals surface area contributed by atoms with Gasteiger partial charge in [0, 0.05) is 42.1 Å². The second-order valence-electron chi connectivity index (χ2n) is 7.51. The van der Waals surface area contributed by atoms with E-state index in [9.17, 15) is 4.79 Å². The highest BCUT2D eigenvalue weighted by atomic mass is 16.5. The first kappa shape index (κ1) is 22.2. The van der Waals surface area contributed by atoms with Gasteiger partial charge in [-0.3, -0.25) is 9.79 Å². The number of anilines is 2. The van der Waals surface area contributed by atoms with Crippen molar-refractivity contribution in [2.45, 2.75) is 38.8 Å². The first-order valence-electron chi connectivity index (χ1n) is 10.3. The van der Waals surface area contributed by atoms with Crippen LogP contribution >= 0.6 is 0 Å². The van der Waals surface area contributed by atoms with Crippen LogP contribution in [0.4, 0.5) is 11.4 Å². The maximum absolute atomic E-state index is 12.9. The molecular formula is C22H29N7O2. The summed E-state index contributed by atoms with van der Waals surface area (Å²) in [5.74, 6) is 0.246. The van der Waals surface area contributed by atoms with Gasteiger partial charge in [0.05, 0.1) is 23.4 Å². The Kier molecular flexibility index (Phi) is 7.55. The van der Waals surface area contributed by atoms with Gasteiger partial charge in [-0.05, 0) is 51.9 Å². The molecule has 6 N–H and O–H groups in total. The van der Waals surface area contributed by atoms with Crippen LogP contribution in [0.15, 0.2) is 41.8 Å². The highest BCUT2D eigenvalue weighted by molar-refractivity contribution is 6.24. The molecule has 0 aliphatic carbocycles. The van der Waals surface area contributed by atoms with Crippen LogP contribution in [-0.2, 0) is 4.79 Å². The summed E-state index contributed by atoms with van der Waals surface area (Å²) in [6, 6.07) is 5.38. The van der Waals surface area contributed by atoms with Gasteiger partial charge in [0.25, 0.3) is 5.91 Å². The number of hydrogen-bond acceptors (Lipinski definition) is 8. The van der Waals surface area contributed by atoms with Gasteiger partial charge in [0.2, 0.25) is 0 Å². The van der Waals surface area contributed by atoms with E-state index in [0.717, 1.165) is 25.9 Å². The molecule has 0 spiro atoms. The second-order valence-corrected chi connectivity index (χ2v) is 7.51. The predicted molar refractivity (Wildman–Crippen MR) is 123 cm³/mol. The minimum Gasteiger partial charge on any atom is -0.489 e. The lowest BCUT2D eigenvalue weighted by molar-refractivity contribution is -0.111. The van der Waals surface area contributed by atoms with Crippen LogP contribution in [0.2, 0.25) is 0 Å². The maximum Gasteiger partial charge on any atom is 0.261 e. The molecule has 3 rings (SSSR count). The van der Waals surface area contributed by atoms with E-state index < -0.39 is 5.91 Å². The molecule has 1 fully saturated rings. The van der Waals surface area contributed by atoms with Gasteiger partial charge in [-0.15, -0.1) is 0 Å². The van der Waals surface area contributed by atoms with Crippen molar-refractivity contribution in [1.82, 2.24) is 15.3 Å². The summed E-state index contributed by atoms with van der Waals surface area (Å²) >= 11 is 0. The number of nitrogens with two attached hydrogens (primary N) is 2. The number of carbonyl (C=O) groups excluding carboxylic acids is 1. The zero-order valence-corrected chi connectivity index (χ0v) is 17.8. The molecule has 2 heterocycles. The lowest BCUT2D eigenvalue weighted by atomic mass is 10.1. The molecule has 1 saturated heterocycles. The van der Waals surface area contributed by atoms with Gasteiger partial charge in [-0.25, -0.2) is 9.97 Å². The molecule has 2 aromatic rings. The number of nitrogen functional groups attached to an aromatic ring is 1. The monoisotopic (exact) mass is 423 g/mol. The van der Waals surface area contributed by atoms with Gasteiger partial charge in [-0.2, -0.15) is 0 Å². The summed E-state index contributed by atoms with van der Waals surface area (Å²) in [6.07, 6.45) is 7.90. The van der Waals surface area contributed by atoms with Crippen molar-refractivity contribution in [2.75, 3.05) is 24.1 Å². The molecule has 0 unspecified atom stereocenters. The van der Waals surface area contributed by atoms with Crippen LogP contribution in [-0.4, -0.2) is 47.3 Å². The van der Waals surface area contributed by atoms with Crippen molar-refractivity contribution in [3.05, 3.63) is 48.2 Å². The largest absolute Gasteiger partial charge is 0.489 e. The fourth-order valence-electron chi connectivity index (χ4n) is 3.19. The number of nitrogens with zero attached hydrogens (tertiary/aromatic N) is 3. The predicted octanol–water partition coefficient (Wildman–Crippen LogP) is 1.96. The zero-order chi connectivity index (χ0) is 22.2. The van der Waals surface area contributed by atoms with Crippen molar-refractivity contribution < 1.29 is 9.53 Å². The third-order valence-electron chi connectivity index (χ3n) is 4.75. The summed E-state index contributed by atoms with van der Waals surface area (Å²) in [4.78, 5) is 25.8. The van der Waals surface area contributed by atoms with Crippen molar-refractivity contribution in [2.24, 2.45) is 10.7 Å². The topological polar surface area (TPSA) is 141 Å². The van der Waals surface area contributed by atoms with Crippen molar-refractivity contribution in [3.8, 4) is 5.75 Å². The number of piperidine rings is 1. The molecule has 1 aromatic carbocycles. The number of carbonyl (C=O) groups is 1. The Morgan fingerprint density at radius 1 is 1.29 bits per heavy atom. The number of benzene rings is 1. The molecule has 9 nitrogen and oxygen atoms in total. The number of aliphatic imine (C=N–C) groups is 1. The van der Waals surface area contributed by atoms with E-state index >= 15 is 0 Å². The molecule has 9 heteroatoms. The van der Waals surface area contributed by atoms with E-state index in [2.05, 4.69) is 25.6 Å². The van der Waals surface area contributed by atoms with Gasteiger partial charge in [0.15, 0.2) is 5.82 Å². The van der Waals surface area contributed by atoms with Gasteiger partial charge in [-0.1, -0.05) is 0 Å². The van der Waals surface area contributed by atoms with E-state index in [1.54, 1.807) is 36.8 Å². The van der Waals surface area contributed by atoms with Crippen LogP contribution in [0.5, 0.6) is 5.75 Å². The first-order valence-corrected chi connectivity index (χ1v) is 10.3. The molecule has 164 valence electrons. The molecular weight excluding hydrogens is 394 g/mol. The number of ether oxygens (including phenoxy) is 1. The van der Waals surface area contributed by atoms with Crippen molar-refractivity contribution in [1.29, 1.82) is 0 Å². The standard InChI is InChI=1S/C22H29N7O2/c1-14(2)31-20-11-18(24)15(13-28-16-4-8-25-9-5-16)10-19(20)29-22(30)17(12-23)21-26-6-3-7-27-21/h3,6-7,10-14,16,25H,4-5,8-9,23-24H2,1-2H3,(H,29,30)/b17-12+,28-13?. The number of hydrogen-bond donors (Lipinski definition) is 4. The third kappa shape index (κ3) is 6.02. The van der Waals surface area contributed by atoms with Crippen LogP contribution in [0, 0.1) is 0 Å². The first-order chi connectivity index (χ1) is 15.0. The maximum atomic E-state index is 12.9. The molecule has 1 aromatic heterocycles. The van der Waals surface area contributed by atoms with Crippen LogP contribution in [0.1, 0.15) is 38.1 Å². The molecule has 0 atom stereocenters. The van der Waals surface area contributed by atoms with Crippen LogP contribution in [0.3, 0.4) is 0 Å². The summed E-state index contributed by atoms with van der Waals surface area (Å²) in [5, 5.41) is 6.17. The fraction of sp³-hybridized carbons (Fsp3) is 0.364. The Balaban J connectivity index is 1.88. The van der Waals surface area contributed by atoms with Crippen molar-refractivity contribution in [3.63, 3.8) is 0 Å². The lowest BCUT2D eigenvalue weighted by Crippen LogP contribution is -2.29. The Morgan fingerprint density at radius 2 is 2.00 bits per heavy atom. The number of nitrogens with one attached hydrogen (secondary N) is 2. The lowest BCUT2D eigenvalue weighted by Gasteiger charge is -2.19. The Hall–Kier alpha value is -3.46. The Morgan fingerprint density at radius 3 is 2.65 bits per heavy atom. The molecule has 1 aliphatic heterocycles. The second kappa shape index (κ2) is 10.5. The van der Waals surface area contributed by atoms with E-state index in [1.807, 2.05) is 13.8 Å². The van der Waals surface area contributed by atoms with Gasteiger partial charge < -0.3 is 26.8 Å². The summed E-state index contributed by atoms with van der Waals surface area (Å²) < 4.78 is 5.87. The minimum absolute atomic E-state index is 0.105. The van der Waals surface area contributed by atoms with Crippen LogP contribution < -0.4 is 26.8 Å². The number of amides is 1. The Labute approximate surface area is 182 Å². The van der Waals surface area contributed by atoms with Crippen molar-refractivity contribution >= 4 is 29.1 Å². The summed E-state index contributed by atoms with van der Waals surface area (Å²) in [7, 11) is 0. The quantitative estimate of drug-likeness (QED) is 0.303. The molecule has 1 amide bonds. The molecule has 0 radical (unpaired) electrons. The molecule has 0 bridgehead atoms. The highest BCUT2D eigenvalue weighted by Gasteiger charge is 2.18. The molecule has 31 heavy (non-hydrogen) atoms. The van der Waals surface area contributed by atoms with E-state index in [1.165, 1.54) is 6.20 Å². The number of rotatable bonds is 7. The summed E-state index contributed by atoms with van der Waals surface area (Å²) in [5.41, 5.74) is 13.8. The molecule has 1 aliphatic rings. The summed E-state index contributed by atoms with van der Waals surface area (Å²) in [6.45, 7) is 5.71. The van der Waals surface area contributed by atoms with Gasteiger partial charge in [0.1, 0.15) is 5.75 Å². The average Bonchev–Trinajstić information content (AvgIpc) is 2.76. The van der Waals surface area contributed by atoms with Gasteiger partial charge >= 0.3 is 0 Å². The van der Waals surface area contributed by atoms with E-state index in [-0.39, 0.29) is 23.5 Å². The normalized spacial score (nSPS) is 15.4. The molecule has 0 saturated carbocycles. The highest BCUT2D eigenvalue weighted by Crippen LogP contribution is 2.31. The Bertz CT molecular complexity index is 952.